The minimum atomic E-state index is 0.425. The number of benzene rings is 1. The van der Waals surface area contributed by atoms with Crippen molar-refractivity contribution in [3.05, 3.63) is 66.0 Å². The van der Waals surface area contributed by atoms with Gasteiger partial charge in [-0.3, -0.25) is 9.88 Å². The fourth-order valence-electron chi connectivity index (χ4n) is 2.77. The average molecular weight is 267 g/mol. The smallest absolute Gasteiger partial charge is 0.0450 e. The predicted molar refractivity (Wildman–Crippen MR) is 81.3 cm³/mol. The van der Waals surface area contributed by atoms with E-state index in [-0.39, 0.29) is 0 Å². The fourth-order valence-corrected chi connectivity index (χ4v) is 2.77. The first-order chi connectivity index (χ1) is 9.83. The van der Waals surface area contributed by atoms with Crippen LogP contribution in [0.3, 0.4) is 0 Å². The van der Waals surface area contributed by atoms with Crippen molar-refractivity contribution in [3.8, 4) is 0 Å². The van der Waals surface area contributed by atoms with Crippen molar-refractivity contribution in [2.45, 2.75) is 25.6 Å². The predicted octanol–water partition coefficient (Wildman–Crippen LogP) is 2.62. The van der Waals surface area contributed by atoms with Gasteiger partial charge in [0.25, 0.3) is 0 Å². The van der Waals surface area contributed by atoms with Crippen molar-refractivity contribution in [2.24, 2.45) is 0 Å². The Morgan fingerprint density at radius 3 is 2.65 bits per heavy atom. The summed E-state index contributed by atoms with van der Waals surface area (Å²) >= 11 is 0. The topological polar surface area (TPSA) is 28.2 Å². The van der Waals surface area contributed by atoms with Gasteiger partial charge in [-0.15, -0.1) is 0 Å². The van der Waals surface area contributed by atoms with E-state index in [1.807, 2.05) is 12.4 Å². The van der Waals surface area contributed by atoms with Crippen molar-refractivity contribution in [3.63, 3.8) is 0 Å². The lowest BCUT2D eigenvalue weighted by atomic mass is 10.0. The quantitative estimate of drug-likeness (QED) is 0.926. The van der Waals surface area contributed by atoms with Gasteiger partial charge in [0.15, 0.2) is 0 Å². The highest BCUT2D eigenvalue weighted by molar-refractivity contribution is 5.20. The number of nitrogens with zero attached hydrogens (tertiary/aromatic N) is 2. The van der Waals surface area contributed by atoms with Crippen LogP contribution in [0.25, 0.3) is 0 Å². The number of nitrogens with one attached hydrogen (secondary N) is 1. The first kappa shape index (κ1) is 13.3. The lowest BCUT2D eigenvalue weighted by Crippen LogP contribution is -2.50. The van der Waals surface area contributed by atoms with Gasteiger partial charge < -0.3 is 5.32 Å². The Balaban J connectivity index is 1.71. The zero-order valence-electron chi connectivity index (χ0n) is 11.9. The number of hydrogen-bond acceptors (Lipinski definition) is 3. The lowest BCUT2D eigenvalue weighted by Gasteiger charge is -2.39. The molecule has 2 atom stereocenters. The van der Waals surface area contributed by atoms with Gasteiger partial charge in [0.2, 0.25) is 0 Å². The van der Waals surface area contributed by atoms with Crippen LogP contribution >= 0.6 is 0 Å². The van der Waals surface area contributed by atoms with Crippen LogP contribution in [0, 0.1) is 0 Å². The Morgan fingerprint density at radius 1 is 1.15 bits per heavy atom. The van der Waals surface area contributed by atoms with Gasteiger partial charge in [-0.1, -0.05) is 30.3 Å². The van der Waals surface area contributed by atoms with Crippen molar-refractivity contribution in [2.75, 3.05) is 13.1 Å². The highest BCUT2D eigenvalue weighted by atomic mass is 15.2. The molecule has 1 N–H and O–H groups in total. The third-order valence-corrected chi connectivity index (χ3v) is 4.04. The Labute approximate surface area is 120 Å². The molecule has 1 aliphatic rings. The molecule has 2 heterocycles. The molecule has 0 saturated carbocycles. The summed E-state index contributed by atoms with van der Waals surface area (Å²) in [5.74, 6) is 0. The molecule has 3 heteroatoms. The maximum absolute atomic E-state index is 4.09. The van der Waals surface area contributed by atoms with Gasteiger partial charge in [0.1, 0.15) is 0 Å². The van der Waals surface area contributed by atoms with E-state index >= 15 is 0 Å². The van der Waals surface area contributed by atoms with Gasteiger partial charge in [0.05, 0.1) is 0 Å². The molecule has 1 saturated heterocycles. The van der Waals surface area contributed by atoms with E-state index in [1.165, 1.54) is 11.1 Å². The van der Waals surface area contributed by atoms with E-state index < -0.39 is 0 Å². The van der Waals surface area contributed by atoms with Crippen molar-refractivity contribution >= 4 is 0 Å². The van der Waals surface area contributed by atoms with Gasteiger partial charge in [-0.25, -0.2) is 0 Å². The molecule has 3 rings (SSSR count). The third-order valence-electron chi connectivity index (χ3n) is 4.04. The van der Waals surface area contributed by atoms with E-state index in [0.29, 0.717) is 12.1 Å². The molecule has 1 fully saturated rings. The van der Waals surface area contributed by atoms with Crippen molar-refractivity contribution in [1.82, 2.24) is 15.2 Å². The minimum absolute atomic E-state index is 0.425. The maximum atomic E-state index is 4.09. The minimum Gasteiger partial charge on any atom is -0.307 e. The molecule has 0 aliphatic carbocycles. The van der Waals surface area contributed by atoms with Crippen molar-refractivity contribution < 1.29 is 0 Å². The average Bonchev–Trinajstić information content (AvgIpc) is 2.51. The van der Waals surface area contributed by atoms with E-state index in [0.717, 1.165) is 19.6 Å². The van der Waals surface area contributed by atoms with E-state index in [1.54, 1.807) is 0 Å². The van der Waals surface area contributed by atoms with Crippen molar-refractivity contribution in [1.29, 1.82) is 0 Å². The molecule has 0 radical (unpaired) electrons. The molecule has 1 aromatic carbocycles. The van der Waals surface area contributed by atoms with E-state index in [9.17, 15) is 0 Å². The number of hydrogen-bond donors (Lipinski definition) is 1. The third kappa shape index (κ3) is 3.06. The van der Waals surface area contributed by atoms with Crippen LogP contribution in [0.4, 0.5) is 0 Å². The van der Waals surface area contributed by atoms with Gasteiger partial charge in [-0.2, -0.15) is 0 Å². The second-order valence-electron chi connectivity index (χ2n) is 5.51. The number of rotatable bonds is 3. The highest BCUT2D eigenvalue weighted by Crippen LogP contribution is 2.21. The van der Waals surface area contributed by atoms with Crippen LogP contribution in [-0.2, 0) is 6.54 Å². The molecule has 2 unspecified atom stereocenters. The summed E-state index contributed by atoms with van der Waals surface area (Å²) in [6.07, 6.45) is 3.74. The summed E-state index contributed by atoms with van der Waals surface area (Å²) in [5.41, 5.74) is 2.71. The Bertz CT molecular complexity index is 526. The normalized spacial score (nSPS) is 23.6. The SMILES string of the molecule is CC1CNC(c2ccccc2)CN1Cc1ccncc1. The second-order valence-corrected chi connectivity index (χ2v) is 5.51. The number of aromatic nitrogens is 1. The van der Waals surface area contributed by atoms with Gasteiger partial charge in [0, 0.05) is 44.1 Å². The summed E-state index contributed by atoms with van der Waals surface area (Å²) in [5, 5.41) is 3.65. The first-order valence-electron chi connectivity index (χ1n) is 7.24. The zero-order chi connectivity index (χ0) is 13.8. The molecule has 2 aromatic rings. The van der Waals surface area contributed by atoms with Crippen LogP contribution in [0.2, 0.25) is 0 Å². The summed E-state index contributed by atoms with van der Waals surface area (Å²) in [7, 11) is 0. The van der Waals surface area contributed by atoms with Crippen LogP contribution in [0.5, 0.6) is 0 Å². The molecule has 0 amide bonds. The molecule has 3 nitrogen and oxygen atoms in total. The monoisotopic (exact) mass is 267 g/mol. The van der Waals surface area contributed by atoms with E-state index in [4.69, 9.17) is 0 Å². The summed E-state index contributed by atoms with van der Waals surface area (Å²) < 4.78 is 0. The second kappa shape index (κ2) is 6.16. The standard InChI is InChI=1S/C17H21N3/c1-14-11-19-17(16-5-3-2-4-6-16)13-20(14)12-15-7-9-18-10-8-15/h2-10,14,17,19H,11-13H2,1H3. The molecular formula is C17H21N3. The lowest BCUT2D eigenvalue weighted by molar-refractivity contribution is 0.133. The van der Waals surface area contributed by atoms with Gasteiger partial charge in [-0.05, 0) is 30.2 Å². The molecule has 1 aliphatic heterocycles. The van der Waals surface area contributed by atoms with Crippen LogP contribution in [-0.4, -0.2) is 29.0 Å². The Kier molecular flexibility index (Phi) is 4.09. The molecule has 0 bridgehead atoms. The summed E-state index contributed by atoms with van der Waals surface area (Å²) in [6, 6.07) is 15.9. The van der Waals surface area contributed by atoms with E-state index in [2.05, 4.69) is 64.6 Å². The molecule has 20 heavy (non-hydrogen) atoms. The first-order valence-corrected chi connectivity index (χ1v) is 7.24. The molecule has 1 aromatic heterocycles. The number of pyridine rings is 1. The largest absolute Gasteiger partial charge is 0.307 e. The maximum Gasteiger partial charge on any atom is 0.0450 e. The zero-order valence-corrected chi connectivity index (χ0v) is 11.9. The molecular weight excluding hydrogens is 246 g/mol. The summed E-state index contributed by atoms with van der Waals surface area (Å²) in [6.45, 7) is 5.36. The van der Waals surface area contributed by atoms with Gasteiger partial charge >= 0.3 is 0 Å². The Hall–Kier alpha value is -1.71. The van der Waals surface area contributed by atoms with Crippen LogP contribution < -0.4 is 5.32 Å². The van der Waals surface area contributed by atoms with Crippen LogP contribution in [0.15, 0.2) is 54.9 Å². The molecule has 0 spiro atoms. The number of piperazine rings is 1. The van der Waals surface area contributed by atoms with Crippen LogP contribution in [0.1, 0.15) is 24.1 Å². The molecule has 104 valence electrons. The summed E-state index contributed by atoms with van der Waals surface area (Å²) in [4.78, 5) is 6.63. The highest BCUT2D eigenvalue weighted by Gasteiger charge is 2.25. The Morgan fingerprint density at radius 2 is 1.90 bits per heavy atom. The fraction of sp³-hybridized carbons (Fsp3) is 0.353.